The maximum absolute atomic E-state index is 11.9. The summed E-state index contributed by atoms with van der Waals surface area (Å²) >= 11 is 0. The Morgan fingerprint density at radius 1 is 1.12 bits per heavy atom. The molecule has 4 nitrogen and oxygen atoms in total. The Hall–Kier alpha value is -0.420. The molecule has 2 saturated carbocycles. The quantitative estimate of drug-likeness (QED) is 0.588. The predicted octanol–water partition coefficient (Wildman–Crippen LogP) is 2.66. The largest absolute Gasteiger partial charge is 0.389 e. The molecular formula is C21H34O4. The summed E-state index contributed by atoms with van der Waals surface area (Å²) in [5.74, 6) is 0.590. The predicted molar refractivity (Wildman–Crippen MR) is 95.9 cm³/mol. The molecule has 142 valence electrons. The van der Waals surface area contributed by atoms with Crippen LogP contribution >= 0.6 is 0 Å². The lowest BCUT2D eigenvalue weighted by Gasteiger charge is -2.65. The Balaban J connectivity index is 1.91. The van der Waals surface area contributed by atoms with E-state index >= 15 is 0 Å². The van der Waals surface area contributed by atoms with E-state index in [4.69, 9.17) is 4.74 Å². The van der Waals surface area contributed by atoms with E-state index in [0.717, 1.165) is 43.4 Å². The number of hydrogen-bond donors (Lipinski definition) is 3. The Bertz CT molecular complexity index is 611. The molecule has 0 amide bonds. The van der Waals surface area contributed by atoms with Gasteiger partial charge in [0.1, 0.15) is 6.10 Å². The van der Waals surface area contributed by atoms with Gasteiger partial charge in [-0.1, -0.05) is 33.3 Å². The second-order valence-electron chi connectivity index (χ2n) is 10.0. The van der Waals surface area contributed by atoms with Gasteiger partial charge in [0.25, 0.3) is 0 Å². The van der Waals surface area contributed by atoms with Crippen molar-refractivity contribution in [3.05, 3.63) is 11.1 Å². The first-order valence-electron chi connectivity index (χ1n) is 9.96. The number of ether oxygens (including phenoxy) is 1. The zero-order valence-corrected chi connectivity index (χ0v) is 16.2. The lowest BCUT2D eigenvalue weighted by molar-refractivity contribution is -0.262. The number of rotatable bonds is 0. The zero-order valence-electron chi connectivity index (χ0n) is 16.2. The molecule has 8 unspecified atom stereocenters. The van der Waals surface area contributed by atoms with Gasteiger partial charge in [-0.3, -0.25) is 0 Å². The minimum Gasteiger partial charge on any atom is -0.389 e. The minimum atomic E-state index is -0.903. The third-order valence-electron chi connectivity index (χ3n) is 8.83. The van der Waals surface area contributed by atoms with E-state index in [1.54, 1.807) is 0 Å². The van der Waals surface area contributed by atoms with E-state index in [-0.39, 0.29) is 17.9 Å². The number of hydrogen-bond acceptors (Lipinski definition) is 4. The standard InChI is InChI=1S/C21H34O4/c1-11-6-9-21(24)12(2)16-13-10-25-14(13)7-8-20(16,5)18(23)17(22)15(11)19(21,3)4/h12-14,16-18,22-24H,6-10H2,1-5H3. The molecule has 4 rings (SSSR count). The van der Waals surface area contributed by atoms with Gasteiger partial charge < -0.3 is 20.1 Å². The molecule has 1 saturated heterocycles. The van der Waals surface area contributed by atoms with Gasteiger partial charge in [0.05, 0.1) is 24.4 Å². The van der Waals surface area contributed by atoms with Crippen molar-refractivity contribution in [2.45, 2.75) is 84.2 Å². The first-order valence-corrected chi connectivity index (χ1v) is 9.96. The number of allylic oxidation sites excluding steroid dienone is 1. The molecule has 3 fully saturated rings. The van der Waals surface area contributed by atoms with E-state index in [2.05, 4.69) is 34.6 Å². The molecule has 25 heavy (non-hydrogen) atoms. The summed E-state index contributed by atoms with van der Waals surface area (Å²) in [6.07, 6.45) is 1.85. The van der Waals surface area contributed by atoms with Crippen molar-refractivity contribution in [1.29, 1.82) is 0 Å². The smallest absolute Gasteiger partial charge is 0.102 e. The van der Waals surface area contributed by atoms with Crippen molar-refractivity contribution in [2.24, 2.45) is 28.6 Å². The van der Waals surface area contributed by atoms with Crippen LogP contribution in [0.3, 0.4) is 0 Å². The van der Waals surface area contributed by atoms with Crippen LogP contribution in [0.5, 0.6) is 0 Å². The lowest BCUT2D eigenvalue weighted by atomic mass is 9.44. The average molecular weight is 350 g/mol. The van der Waals surface area contributed by atoms with Crippen LogP contribution in [0.2, 0.25) is 0 Å². The monoisotopic (exact) mass is 350 g/mol. The van der Waals surface area contributed by atoms with E-state index in [0.29, 0.717) is 5.92 Å². The third-order valence-corrected chi connectivity index (χ3v) is 8.83. The topological polar surface area (TPSA) is 69.9 Å². The van der Waals surface area contributed by atoms with Crippen molar-refractivity contribution in [3.8, 4) is 0 Å². The summed E-state index contributed by atoms with van der Waals surface area (Å²) in [5.41, 5.74) is 0.195. The molecule has 0 spiro atoms. The summed E-state index contributed by atoms with van der Waals surface area (Å²) in [4.78, 5) is 0. The molecule has 0 aromatic carbocycles. The maximum atomic E-state index is 11.9. The van der Waals surface area contributed by atoms with Gasteiger partial charge in [-0.15, -0.1) is 0 Å². The van der Waals surface area contributed by atoms with Gasteiger partial charge in [0, 0.05) is 16.7 Å². The van der Waals surface area contributed by atoms with Crippen LogP contribution in [0.25, 0.3) is 0 Å². The van der Waals surface area contributed by atoms with Gasteiger partial charge in [-0.05, 0) is 50.0 Å². The first kappa shape index (κ1) is 18.0. The van der Waals surface area contributed by atoms with Gasteiger partial charge in [0.2, 0.25) is 0 Å². The van der Waals surface area contributed by atoms with Gasteiger partial charge >= 0.3 is 0 Å². The highest BCUT2D eigenvalue weighted by Gasteiger charge is 2.66. The number of aliphatic hydroxyl groups is 3. The molecule has 3 N–H and O–H groups in total. The normalized spacial score (nSPS) is 54.7. The second-order valence-corrected chi connectivity index (χ2v) is 10.0. The third kappa shape index (κ3) is 2.03. The molecular weight excluding hydrogens is 316 g/mol. The highest BCUT2D eigenvalue weighted by Crippen LogP contribution is 2.63. The molecule has 0 aromatic rings. The summed E-state index contributed by atoms with van der Waals surface area (Å²) < 4.78 is 5.78. The maximum Gasteiger partial charge on any atom is 0.102 e. The van der Waals surface area contributed by atoms with Crippen molar-refractivity contribution in [1.82, 2.24) is 0 Å². The fourth-order valence-electron chi connectivity index (χ4n) is 7.20. The van der Waals surface area contributed by atoms with Crippen LogP contribution < -0.4 is 0 Å². The van der Waals surface area contributed by atoms with Crippen LogP contribution in [0.4, 0.5) is 0 Å². The molecule has 0 radical (unpaired) electrons. The van der Waals surface area contributed by atoms with E-state index in [1.165, 1.54) is 0 Å². The summed E-state index contributed by atoms with van der Waals surface area (Å²) in [7, 11) is 0. The molecule has 4 heteroatoms. The van der Waals surface area contributed by atoms with Crippen LogP contribution in [0.15, 0.2) is 11.1 Å². The molecule has 0 aromatic heterocycles. The molecule has 2 bridgehead atoms. The Morgan fingerprint density at radius 2 is 1.80 bits per heavy atom. The van der Waals surface area contributed by atoms with Crippen molar-refractivity contribution >= 4 is 0 Å². The van der Waals surface area contributed by atoms with Crippen LogP contribution in [-0.2, 0) is 4.74 Å². The van der Waals surface area contributed by atoms with E-state index in [1.807, 2.05) is 0 Å². The van der Waals surface area contributed by atoms with Crippen LogP contribution in [0.1, 0.15) is 60.3 Å². The Kier molecular flexibility index (Phi) is 3.82. The summed E-state index contributed by atoms with van der Waals surface area (Å²) in [6.45, 7) is 11.2. The van der Waals surface area contributed by atoms with Crippen molar-refractivity contribution in [2.75, 3.05) is 6.61 Å². The fraction of sp³-hybridized carbons (Fsp3) is 0.905. The van der Waals surface area contributed by atoms with E-state index < -0.39 is 28.6 Å². The van der Waals surface area contributed by atoms with Crippen LogP contribution in [-0.4, -0.2) is 45.8 Å². The average Bonchev–Trinajstić information content (AvgIpc) is 2.51. The highest BCUT2D eigenvalue weighted by molar-refractivity contribution is 5.35. The molecule has 8 atom stereocenters. The van der Waals surface area contributed by atoms with Gasteiger partial charge in [-0.2, -0.15) is 0 Å². The molecule has 1 heterocycles. The zero-order chi connectivity index (χ0) is 18.4. The summed E-state index contributed by atoms with van der Waals surface area (Å²) in [5, 5.41) is 34.5. The van der Waals surface area contributed by atoms with Gasteiger partial charge in [0.15, 0.2) is 0 Å². The molecule has 3 aliphatic carbocycles. The van der Waals surface area contributed by atoms with E-state index in [9.17, 15) is 15.3 Å². The molecule has 4 aliphatic rings. The Morgan fingerprint density at radius 3 is 2.40 bits per heavy atom. The van der Waals surface area contributed by atoms with Crippen LogP contribution in [0, 0.1) is 28.6 Å². The fourth-order valence-corrected chi connectivity index (χ4v) is 7.20. The number of fused-ring (bicyclic) bond motifs is 5. The Labute approximate surface area is 151 Å². The lowest BCUT2D eigenvalue weighted by Crippen LogP contribution is -2.69. The van der Waals surface area contributed by atoms with Gasteiger partial charge in [-0.25, -0.2) is 0 Å². The minimum absolute atomic E-state index is 0.0504. The first-order chi connectivity index (χ1) is 11.6. The highest BCUT2D eigenvalue weighted by atomic mass is 16.5. The summed E-state index contributed by atoms with van der Waals surface area (Å²) in [6, 6.07) is 0. The van der Waals surface area contributed by atoms with Crippen molar-refractivity contribution < 1.29 is 20.1 Å². The van der Waals surface area contributed by atoms with Crippen molar-refractivity contribution in [3.63, 3.8) is 0 Å². The second kappa shape index (κ2) is 5.31. The number of aliphatic hydroxyl groups excluding tert-OH is 2. The molecule has 1 aliphatic heterocycles. The SMILES string of the molecule is CC1=C2C(O)C(O)C3(C)CCC4OCC4C3C(C)C(O)(CC1)C2(C)C.